The Labute approximate surface area is 81.1 Å². The van der Waals surface area contributed by atoms with E-state index in [1.54, 1.807) is 12.1 Å². The van der Waals surface area contributed by atoms with E-state index in [1.165, 1.54) is 0 Å². The van der Waals surface area contributed by atoms with Crippen LogP contribution in [0.15, 0.2) is 24.4 Å². The van der Waals surface area contributed by atoms with Crippen molar-refractivity contribution < 1.29 is 4.39 Å². The molecule has 0 amide bonds. The Morgan fingerprint density at radius 1 is 1.43 bits per heavy atom. The number of hydrogen-bond acceptors (Lipinski definition) is 1. The van der Waals surface area contributed by atoms with Crippen molar-refractivity contribution in [3.8, 4) is 0 Å². The molecule has 1 aliphatic heterocycles. The predicted molar refractivity (Wildman–Crippen MR) is 53.6 cm³/mol. The summed E-state index contributed by atoms with van der Waals surface area (Å²) in [5, 5.41) is 0.979. The number of hydrogen-bond donors (Lipinski definition) is 1. The van der Waals surface area contributed by atoms with E-state index in [-0.39, 0.29) is 11.9 Å². The molecule has 3 heteroatoms. The zero-order valence-corrected chi connectivity index (χ0v) is 7.70. The van der Waals surface area contributed by atoms with Gasteiger partial charge in [-0.1, -0.05) is 0 Å². The normalized spacial score (nSPS) is 20.3. The lowest BCUT2D eigenvalue weighted by atomic mass is 10.0. The molecule has 3 rings (SSSR count). The number of rotatable bonds is 0. The molecule has 1 atom stereocenters. The zero-order valence-electron chi connectivity index (χ0n) is 7.70. The minimum atomic E-state index is -0.167. The van der Waals surface area contributed by atoms with Crippen LogP contribution in [0, 0.1) is 5.82 Å². The van der Waals surface area contributed by atoms with Gasteiger partial charge in [0, 0.05) is 24.2 Å². The molecule has 0 spiro atoms. The largest absolute Gasteiger partial charge is 0.346 e. The van der Waals surface area contributed by atoms with Crippen molar-refractivity contribution >= 4 is 10.9 Å². The predicted octanol–water partition coefficient (Wildman–Crippen LogP) is 1.66. The van der Waals surface area contributed by atoms with Crippen molar-refractivity contribution in [3.05, 3.63) is 35.8 Å². The smallest absolute Gasteiger partial charge is 0.124 e. The van der Waals surface area contributed by atoms with Gasteiger partial charge in [0.05, 0.1) is 5.52 Å². The van der Waals surface area contributed by atoms with Crippen LogP contribution in [0.2, 0.25) is 0 Å². The van der Waals surface area contributed by atoms with Gasteiger partial charge in [-0.25, -0.2) is 4.39 Å². The van der Waals surface area contributed by atoms with E-state index in [0.717, 1.165) is 29.4 Å². The second-order valence-corrected chi connectivity index (χ2v) is 3.94. The van der Waals surface area contributed by atoms with Gasteiger partial charge in [-0.05, 0) is 30.2 Å². The van der Waals surface area contributed by atoms with Crippen molar-refractivity contribution in [2.24, 2.45) is 5.73 Å². The standard InChI is InChI=1S/C11H11FN2/c12-9-3-7-1-2-14-6-10(13)5-8(4-9)11(7)14/h1-4,10H,5-6,13H2. The molecule has 2 aromatic rings. The van der Waals surface area contributed by atoms with Crippen LogP contribution >= 0.6 is 0 Å². The molecule has 0 aliphatic carbocycles. The second-order valence-electron chi connectivity index (χ2n) is 3.94. The average Bonchev–Trinajstić information content (AvgIpc) is 2.48. The molecule has 2 heterocycles. The fourth-order valence-corrected chi connectivity index (χ4v) is 2.31. The van der Waals surface area contributed by atoms with E-state index in [9.17, 15) is 4.39 Å². The van der Waals surface area contributed by atoms with Crippen LogP contribution in [0.25, 0.3) is 10.9 Å². The molecule has 1 unspecified atom stereocenters. The van der Waals surface area contributed by atoms with Crippen molar-refractivity contribution in [3.63, 3.8) is 0 Å². The molecule has 0 radical (unpaired) electrons. The Hall–Kier alpha value is -1.35. The van der Waals surface area contributed by atoms with Gasteiger partial charge >= 0.3 is 0 Å². The van der Waals surface area contributed by atoms with Gasteiger partial charge in [-0.2, -0.15) is 0 Å². The van der Waals surface area contributed by atoms with Crippen LogP contribution in [-0.2, 0) is 13.0 Å². The first kappa shape index (κ1) is 8.00. The number of benzene rings is 1. The van der Waals surface area contributed by atoms with E-state index in [2.05, 4.69) is 4.57 Å². The third-order valence-electron chi connectivity index (χ3n) is 2.82. The molecule has 0 fully saturated rings. The molecule has 1 aromatic heterocycles. The van der Waals surface area contributed by atoms with Crippen LogP contribution in [0.3, 0.4) is 0 Å². The second kappa shape index (κ2) is 2.58. The fraction of sp³-hybridized carbons (Fsp3) is 0.273. The number of nitrogens with two attached hydrogens (primary N) is 1. The lowest BCUT2D eigenvalue weighted by Crippen LogP contribution is -2.31. The summed E-state index contributed by atoms with van der Waals surface area (Å²) < 4.78 is 15.3. The van der Waals surface area contributed by atoms with Crippen LogP contribution < -0.4 is 5.73 Å². The first-order valence-corrected chi connectivity index (χ1v) is 4.77. The van der Waals surface area contributed by atoms with Gasteiger partial charge in [0.2, 0.25) is 0 Å². The molecule has 72 valence electrons. The van der Waals surface area contributed by atoms with Crippen LogP contribution in [0.1, 0.15) is 5.56 Å². The van der Waals surface area contributed by atoms with Crippen molar-refractivity contribution in [2.45, 2.75) is 19.0 Å². The molecule has 1 aromatic carbocycles. The molecule has 0 saturated carbocycles. The molecule has 0 bridgehead atoms. The number of aromatic nitrogens is 1. The highest BCUT2D eigenvalue weighted by Crippen LogP contribution is 2.26. The van der Waals surface area contributed by atoms with Gasteiger partial charge < -0.3 is 10.3 Å². The van der Waals surface area contributed by atoms with E-state index in [1.807, 2.05) is 12.3 Å². The summed E-state index contributed by atoms with van der Waals surface area (Å²) in [4.78, 5) is 0. The van der Waals surface area contributed by atoms with Crippen molar-refractivity contribution in [2.75, 3.05) is 0 Å². The Bertz CT molecular complexity index is 501. The summed E-state index contributed by atoms with van der Waals surface area (Å²) in [7, 11) is 0. The first-order chi connectivity index (χ1) is 6.74. The molecule has 0 saturated heterocycles. The highest BCUT2D eigenvalue weighted by Gasteiger charge is 2.18. The maximum Gasteiger partial charge on any atom is 0.124 e. The Balaban J connectivity index is 2.38. The third-order valence-corrected chi connectivity index (χ3v) is 2.82. The van der Waals surface area contributed by atoms with Crippen molar-refractivity contribution in [1.82, 2.24) is 4.57 Å². The summed E-state index contributed by atoms with van der Waals surface area (Å²) in [6.45, 7) is 0.835. The molecular weight excluding hydrogens is 179 g/mol. The Morgan fingerprint density at radius 3 is 3.14 bits per heavy atom. The fourth-order valence-electron chi connectivity index (χ4n) is 2.31. The molecule has 2 N–H and O–H groups in total. The Morgan fingerprint density at radius 2 is 2.29 bits per heavy atom. The van der Waals surface area contributed by atoms with E-state index >= 15 is 0 Å². The van der Waals surface area contributed by atoms with E-state index in [4.69, 9.17) is 5.73 Å². The zero-order chi connectivity index (χ0) is 9.71. The lowest BCUT2D eigenvalue weighted by Gasteiger charge is -2.21. The summed E-state index contributed by atoms with van der Waals surface area (Å²) in [5.74, 6) is -0.167. The molecular formula is C11H11FN2. The summed E-state index contributed by atoms with van der Waals surface area (Å²) >= 11 is 0. The topological polar surface area (TPSA) is 30.9 Å². The monoisotopic (exact) mass is 190 g/mol. The SMILES string of the molecule is NC1Cc2cc(F)cc3ccn(c23)C1. The highest BCUT2D eigenvalue weighted by molar-refractivity contribution is 5.84. The lowest BCUT2D eigenvalue weighted by molar-refractivity contribution is 0.538. The average molecular weight is 190 g/mol. The maximum atomic E-state index is 13.2. The van der Waals surface area contributed by atoms with Crippen LogP contribution in [0.5, 0.6) is 0 Å². The maximum absolute atomic E-state index is 13.2. The number of nitrogens with zero attached hydrogens (tertiary/aromatic N) is 1. The summed E-state index contributed by atoms with van der Waals surface area (Å²) in [5.41, 5.74) is 8.07. The van der Waals surface area contributed by atoms with Gasteiger partial charge in [0.25, 0.3) is 0 Å². The van der Waals surface area contributed by atoms with Crippen LogP contribution in [0.4, 0.5) is 4.39 Å². The quantitative estimate of drug-likeness (QED) is 0.673. The minimum Gasteiger partial charge on any atom is -0.346 e. The molecule has 14 heavy (non-hydrogen) atoms. The van der Waals surface area contributed by atoms with Gasteiger partial charge in [0.15, 0.2) is 0 Å². The van der Waals surface area contributed by atoms with Gasteiger partial charge in [0.1, 0.15) is 5.82 Å². The summed E-state index contributed by atoms with van der Waals surface area (Å²) in [6.07, 6.45) is 2.75. The molecule has 2 nitrogen and oxygen atoms in total. The Kier molecular flexibility index (Phi) is 1.47. The van der Waals surface area contributed by atoms with Crippen molar-refractivity contribution in [1.29, 1.82) is 0 Å². The summed E-state index contributed by atoms with van der Waals surface area (Å²) in [6, 6.07) is 5.23. The first-order valence-electron chi connectivity index (χ1n) is 4.77. The van der Waals surface area contributed by atoms with Gasteiger partial charge in [-0.15, -0.1) is 0 Å². The third kappa shape index (κ3) is 0.990. The number of halogens is 1. The minimum absolute atomic E-state index is 0.111. The van der Waals surface area contributed by atoms with Gasteiger partial charge in [-0.3, -0.25) is 0 Å². The van der Waals surface area contributed by atoms with E-state index in [0.29, 0.717) is 0 Å². The van der Waals surface area contributed by atoms with Crippen LogP contribution in [-0.4, -0.2) is 10.6 Å². The molecule has 1 aliphatic rings. The highest BCUT2D eigenvalue weighted by atomic mass is 19.1. The van der Waals surface area contributed by atoms with E-state index < -0.39 is 0 Å².